The van der Waals surface area contributed by atoms with Gasteiger partial charge in [0, 0.05) is 12.4 Å². The summed E-state index contributed by atoms with van der Waals surface area (Å²) in [5.41, 5.74) is 1.10. The number of aromatic nitrogens is 1. The molecule has 0 aromatic carbocycles. The Morgan fingerprint density at radius 3 is 2.62 bits per heavy atom. The Labute approximate surface area is 97.2 Å². The lowest BCUT2D eigenvalue weighted by molar-refractivity contribution is 0.00636. The van der Waals surface area contributed by atoms with Crippen molar-refractivity contribution in [2.45, 2.75) is 51.2 Å². The fourth-order valence-electron chi connectivity index (χ4n) is 1.81. The molecule has 3 unspecified atom stereocenters. The maximum absolute atomic E-state index is 9.81. The summed E-state index contributed by atoms with van der Waals surface area (Å²) in [5.74, 6) is 0.218. The van der Waals surface area contributed by atoms with Gasteiger partial charge >= 0.3 is 0 Å². The van der Waals surface area contributed by atoms with Crippen molar-refractivity contribution in [1.29, 1.82) is 0 Å². The molecule has 1 rings (SSSR count). The molecule has 2 N–H and O–H groups in total. The minimum Gasteiger partial charge on any atom is -0.390 e. The van der Waals surface area contributed by atoms with Gasteiger partial charge in [-0.05, 0) is 30.4 Å². The van der Waals surface area contributed by atoms with Crippen molar-refractivity contribution in [2.75, 3.05) is 0 Å². The zero-order valence-corrected chi connectivity index (χ0v) is 10.0. The van der Waals surface area contributed by atoms with Crippen LogP contribution in [0.4, 0.5) is 0 Å². The second kappa shape index (κ2) is 6.61. The molecule has 16 heavy (non-hydrogen) atoms. The molecule has 0 aliphatic heterocycles. The van der Waals surface area contributed by atoms with E-state index in [1.807, 2.05) is 32.2 Å². The van der Waals surface area contributed by atoms with Crippen LogP contribution in [-0.2, 0) is 0 Å². The van der Waals surface area contributed by atoms with E-state index in [0.717, 1.165) is 12.0 Å². The van der Waals surface area contributed by atoms with Gasteiger partial charge in [0.05, 0.1) is 12.2 Å². The molecule has 0 saturated heterocycles. The summed E-state index contributed by atoms with van der Waals surface area (Å²) in [6.07, 6.45) is 4.41. The average Bonchev–Trinajstić information content (AvgIpc) is 2.30. The van der Waals surface area contributed by atoms with E-state index < -0.39 is 12.2 Å². The number of aliphatic hydroxyl groups is 2. The van der Waals surface area contributed by atoms with Crippen LogP contribution in [0.3, 0.4) is 0 Å². The van der Waals surface area contributed by atoms with E-state index in [4.69, 9.17) is 0 Å². The van der Waals surface area contributed by atoms with Gasteiger partial charge in [-0.3, -0.25) is 4.98 Å². The summed E-state index contributed by atoms with van der Waals surface area (Å²) < 4.78 is 0. The molecule has 1 aromatic heterocycles. The van der Waals surface area contributed by atoms with Gasteiger partial charge < -0.3 is 10.2 Å². The third kappa shape index (κ3) is 3.91. The number of rotatable bonds is 6. The highest BCUT2D eigenvalue weighted by Crippen LogP contribution is 2.21. The molecule has 0 bridgehead atoms. The van der Waals surface area contributed by atoms with Crippen LogP contribution >= 0.6 is 0 Å². The summed E-state index contributed by atoms with van der Waals surface area (Å²) in [5, 5.41) is 19.5. The van der Waals surface area contributed by atoms with Crippen LogP contribution in [0, 0.1) is 0 Å². The van der Waals surface area contributed by atoms with Crippen molar-refractivity contribution < 1.29 is 10.2 Å². The summed E-state index contributed by atoms with van der Waals surface area (Å²) >= 11 is 0. The molecule has 0 amide bonds. The lowest BCUT2D eigenvalue weighted by Crippen LogP contribution is -2.27. The van der Waals surface area contributed by atoms with Crippen LogP contribution in [0.25, 0.3) is 0 Å². The molecule has 0 aliphatic carbocycles. The predicted octanol–water partition coefficient (Wildman–Crippen LogP) is 2.10. The predicted molar refractivity (Wildman–Crippen MR) is 64.2 cm³/mol. The first-order chi connectivity index (χ1) is 7.65. The quantitative estimate of drug-likeness (QED) is 0.776. The molecule has 90 valence electrons. The summed E-state index contributed by atoms with van der Waals surface area (Å²) in [7, 11) is 0. The molecule has 0 spiro atoms. The van der Waals surface area contributed by atoms with Gasteiger partial charge in [-0.1, -0.05) is 26.3 Å². The van der Waals surface area contributed by atoms with Gasteiger partial charge in [-0.25, -0.2) is 0 Å². The van der Waals surface area contributed by atoms with E-state index in [1.165, 1.54) is 0 Å². The maximum Gasteiger partial charge on any atom is 0.0804 e. The van der Waals surface area contributed by atoms with Crippen LogP contribution in [0.15, 0.2) is 24.5 Å². The second-order valence-electron chi connectivity index (χ2n) is 4.35. The zero-order valence-electron chi connectivity index (χ0n) is 10.0. The van der Waals surface area contributed by atoms with Crippen LogP contribution < -0.4 is 0 Å². The fraction of sp³-hybridized carbons (Fsp3) is 0.615. The summed E-state index contributed by atoms with van der Waals surface area (Å²) in [4.78, 5) is 4.05. The summed E-state index contributed by atoms with van der Waals surface area (Å²) in [6, 6.07) is 3.89. The zero-order chi connectivity index (χ0) is 12.0. The molecule has 3 nitrogen and oxygen atoms in total. The van der Waals surface area contributed by atoms with E-state index >= 15 is 0 Å². The molecule has 1 heterocycles. The highest BCUT2D eigenvalue weighted by atomic mass is 16.3. The van der Waals surface area contributed by atoms with Crippen LogP contribution in [0.5, 0.6) is 0 Å². The van der Waals surface area contributed by atoms with Crippen molar-refractivity contribution in [3.63, 3.8) is 0 Å². The first-order valence-corrected chi connectivity index (χ1v) is 5.91. The van der Waals surface area contributed by atoms with E-state index in [2.05, 4.69) is 4.98 Å². The minimum atomic E-state index is -0.643. The molecule has 0 aliphatic rings. The molecule has 0 fully saturated rings. The van der Waals surface area contributed by atoms with Crippen molar-refractivity contribution >= 4 is 0 Å². The van der Waals surface area contributed by atoms with E-state index in [0.29, 0.717) is 12.8 Å². The Bertz CT molecular complexity index is 289. The third-order valence-corrected chi connectivity index (χ3v) is 2.88. The minimum absolute atomic E-state index is 0.218. The lowest BCUT2D eigenvalue weighted by Gasteiger charge is -2.20. The van der Waals surface area contributed by atoms with E-state index in [-0.39, 0.29) is 5.92 Å². The number of aliphatic hydroxyl groups excluding tert-OH is 2. The highest BCUT2D eigenvalue weighted by molar-refractivity contribution is 5.13. The Morgan fingerprint density at radius 1 is 1.31 bits per heavy atom. The first-order valence-electron chi connectivity index (χ1n) is 5.91. The van der Waals surface area contributed by atoms with Gasteiger partial charge in [0.2, 0.25) is 0 Å². The topological polar surface area (TPSA) is 53.4 Å². The van der Waals surface area contributed by atoms with Crippen molar-refractivity contribution in [3.8, 4) is 0 Å². The van der Waals surface area contributed by atoms with E-state index in [1.54, 1.807) is 6.20 Å². The normalized spacial score (nSPS) is 16.8. The van der Waals surface area contributed by atoms with Crippen LogP contribution in [0.2, 0.25) is 0 Å². The molecule has 3 heteroatoms. The summed E-state index contributed by atoms with van der Waals surface area (Å²) in [6.45, 7) is 4.04. The smallest absolute Gasteiger partial charge is 0.0804 e. The Kier molecular flexibility index (Phi) is 5.43. The molecule has 1 aromatic rings. The first kappa shape index (κ1) is 13.1. The van der Waals surface area contributed by atoms with Gasteiger partial charge in [0.1, 0.15) is 0 Å². The SMILES string of the molecule is CCCC(O)C(O)CC(C)c1cccnc1. The average molecular weight is 223 g/mol. The van der Waals surface area contributed by atoms with Gasteiger partial charge in [-0.15, -0.1) is 0 Å². The van der Waals surface area contributed by atoms with E-state index in [9.17, 15) is 10.2 Å². The molecule has 3 atom stereocenters. The number of pyridine rings is 1. The number of hydrogen-bond acceptors (Lipinski definition) is 3. The number of nitrogens with zero attached hydrogens (tertiary/aromatic N) is 1. The lowest BCUT2D eigenvalue weighted by atomic mass is 9.93. The van der Waals surface area contributed by atoms with Crippen molar-refractivity contribution in [2.24, 2.45) is 0 Å². The molecular weight excluding hydrogens is 202 g/mol. The molecular formula is C13H21NO2. The largest absolute Gasteiger partial charge is 0.390 e. The van der Waals surface area contributed by atoms with Crippen molar-refractivity contribution in [1.82, 2.24) is 4.98 Å². The highest BCUT2D eigenvalue weighted by Gasteiger charge is 2.19. The Morgan fingerprint density at radius 2 is 2.06 bits per heavy atom. The van der Waals surface area contributed by atoms with Crippen LogP contribution in [0.1, 0.15) is 44.6 Å². The van der Waals surface area contributed by atoms with Gasteiger partial charge in [0.25, 0.3) is 0 Å². The van der Waals surface area contributed by atoms with Gasteiger partial charge in [-0.2, -0.15) is 0 Å². The van der Waals surface area contributed by atoms with Crippen molar-refractivity contribution in [3.05, 3.63) is 30.1 Å². The fourth-order valence-corrected chi connectivity index (χ4v) is 1.81. The second-order valence-corrected chi connectivity index (χ2v) is 4.35. The standard InChI is InChI=1S/C13H21NO2/c1-3-5-12(15)13(16)8-10(2)11-6-4-7-14-9-11/h4,6-7,9-10,12-13,15-16H,3,5,8H2,1-2H3. The molecule has 0 radical (unpaired) electrons. The number of hydrogen-bond donors (Lipinski definition) is 2. The maximum atomic E-state index is 9.81. The third-order valence-electron chi connectivity index (χ3n) is 2.88. The van der Waals surface area contributed by atoms with Gasteiger partial charge in [0.15, 0.2) is 0 Å². The Balaban J connectivity index is 2.48. The Hall–Kier alpha value is -0.930. The monoisotopic (exact) mass is 223 g/mol. The van der Waals surface area contributed by atoms with Crippen LogP contribution in [-0.4, -0.2) is 27.4 Å². The molecule has 0 saturated carbocycles.